The number of nitrogens with zero attached hydrogens (tertiary/aromatic N) is 3. The number of allylic oxidation sites excluding steroid dienone is 2. The molecule has 5 rings (SSSR count). The van der Waals surface area contributed by atoms with E-state index < -0.39 is 11.9 Å². The Hall–Kier alpha value is -2.70. The Bertz CT molecular complexity index is 1190. The number of ketones is 1. The van der Waals surface area contributed by atoms with Crippen molar-refractivity contribution in [1.82, 2.24) is 14.8 Å². The van der Waals surface area contributed by atoms with Gasteiger partial charge in [0.15, 0.2) is 11.6 Å². The molecule has 1 unspecified atom stereocenters. The molecule has 2 heterocycles. The fraction of sp³-hybridized carbons (Fsp3) is 0.190. The van der Waals surface area contributed by atoms with Gasteiger partial charge in [0.05, 0.1) is 5.02 Å². The number of hydrogen-bond donors (Lipinski definition) is 1. The number of benzene rings is 2. The molecule has 29 heavy (non-hydrogen) atoms. The van der Waals surface area contributed by atoms with Gasteiger partial charge in [-0.25, -0.2) is 9.07 Å². The highest BCUT2D eigenvalue weighted by Gasteiger charge is 2.38. The van der Waals surface area contributed by atoms with Gasteiger partial charge < -0.3 is 5.32 Å². The molecule has 1 N–H and O–H groups in total. The zero-order valence-corrected chi connectivity index (χ0v) is 16.6. The molecular formula is C21H15Cl2FN4O. The van der Waals surface area contributed by atoms with E-state index in [4.69, 9.17) is 23.2 Å². The number of carbonyl (C=O) groups excluding carboxylic acids is 1. The number of Topliss-reactive ketones (excluding diaryl/α,β-unsaturated/α-hetero) is 1. The van der Waals surface area contributed by atoms with Crippen molar-refractivity contribution in [3.8, 4) is 11.4 Å². The Morgan fingerprint density at radius 3 is 2.76 bits per heavy atom. The summed E-state index contributed by atoms with van der Waals surface area (Å²) in [7, 11) is 0. The van der Waals surface area contributed by atoms with Crippen LogP contribution in [-0.2, 0) is 4.79 Å². The predicted molar refractivity (Wildman–Crippen MR) is 110 cm³/mol. The first-order valence-electron chi connectivity index (χ1n) is 9.22. The van der Waals surface area contributed by atoms with E-state index in [1.54, 1.807) is 41.1 Å². The summed E-state index contributed by atoms with van der Waals surface area (Å²) in [6.45, 7) is 0. The van der Waals surface area contributed by atoms with E-state index in [0.29, 0.717) is 51.4 Å². The van der Waals surface area contributed by atoms with Crippen LogP contribution in [0.4, 0.5) is 10.3 Å². The molecule has 5 nitrogen and oxygen atoms in total. The van der Waals surface area contributed by atoms with Crippen LogP contribution in [0.25, 0.3) is 11.4 Å². The molecule has 0 radical (unpaired) electrons. The van der Waals surface area contributed by atoms with E-state index in [9.17, 15) is 9.18 Å². The molecule has 8 heteroatoms. The number of fused-ring (bicyclic) bond motifs is 1. The van der Waals surface area contributed by atoms with E-state index in [0.717, 1.165) is 12.1 Å². The van der Waals surface area contributed by atoms with Crippen LogP contribution >= 0.6 is 23.2 Å². The maximum Gasteiger partial charge on any atom is 0.226 e. The highest BCUT2D eigenvalue weighted by atomic mass is 35.5. The summed E-state index contributed by atoms with van der Waals surface area (Å²) in [5, 5.41) is 8.75. The van der Waals surface area contributed by atoms with Crippen molar-refractivity contribution in [1.29, 1.82) is 0 Å². The van der Waals surface area contributed by atoms with Crippen molar-refractivity contribution in [2.75, 3.05) is 5.32 Å². The zero-order valence-electron chi connectivity index (χ0n) is 15.1. The molecule has 0 saturated heterocycles. The number of halogens is 3. The molecule has 0 saturated carbocycles. The molecule has 1 aliphatic carbocycles. The van der Waals surface area contributed by atoms with Crippen molar-refractivity contribution in [3.63, 3.8) is 0 Å². The molecule has 1 atom stereocenters. The third kappa shape index (κ3) is 3.03. The van der Waals surface area contributed by atoms with E-state index in [1.807, 2.05) is 0 Å². The van der Waals surface area contributed by atoms with Crippen LogP contribution in [0.15, 0.2) is 53.7 Å². The highest BCUT2D eigenvalue weighted by Crippen LogP contribution is 2.41. The van der Waals surface area contributed by atoms with Gasteiger partial charge in [0.1, 0.15) is 11.9 Å². The van der Waals surface area contributed by atoms with E-state index >= 15 is 0 Å². The number of carbonyl (C=O) groups is 1. The largest absolute Gasteiger partial charge is 0.328 e. The first-order valence-corrected chi connectivity index (χ1v) is 9.98. The molecule has 0 spiro atoms. The molecule has 146 valence electrons. The molecule has 2 aromatic carbocycles. The Morgan fingerprint density at radius 2 is 1.97 bits per heavy atom. The quantitative estimate of drug-likeness (QED) is 0.592. The summed E-state index contributed by atoms with van der Waals surface area (Å²) < 4.78 is 16.3. The minimum Gasteiger partial charge on any atom is -0.328 e. The second kappa shape index (κ2) is 6.97. The van der Waals surface area contributed by atoms with Gasteiger partial charge in [-0.3, -0.25) is 4.79 Å². The van der Waals surface area contributed by atoms with Crippen molar-refractivity contribution < 1.29 is 9.18 Å². The summed E-state index contributed by atoms with van der Waals surface area (Å²) in [6.07, 6.45) is 1.89. The van der Waals surface area contributed by atoms with Crippen molar-refractivity contribution in [3.05, 3.63) is 75.2 Å². The number of nitrogens with one attached hydrogen (secondary N) is 1. The van der Waals surface area contributed by atoms with Crippen LogP contribution in [0.1, 0.15) is 30.9 Å². The van der Waals surface area contributed by atoms with Crippen LogP contribution in [0.2, 0.25) is 10.0 Å². The van der Waals surface area contributed by atoms with Gasteiger partial charge in [-0.15, -0.1) is 5.10 Å². The lowest BCUT2D eigenvalue weighted by Gasteiger charge is -2.32. The van der Waals surface area contributed by atoms with Gasteiger partial charge in [0.25, 0.3) is 0 Å². The summed E-state index contributed by atoms with van der Waals surface area (Å²) in [4.78, 5) is 17.4. The summed E-state index contributed by atoms with van der Waals surface area (Å²) in [5.41, 5.74) is 2.32. The van der Waals surface area contributed by atoms with Gasteiger partial charge in [-0.2, -0.15) is 4.98 Å². The van der Waals surface area contributed by atoms with E-state index in [2.05, 4.69) is 15.4 Å². The van der Waals surface area contributed by atoms with Gasteiger partial charge >= 0.3 is 0 Å². The summed E-state index contributed by atoms with van der Waals surface area (Å²) in [6, 6.07) is 10.8. The lowest BCUT2D eigenvalue weighted by molar-refractivity contribution is -0.116. The van der Waals surface area contributed by atoms with Crippen LogP contribution in [0.5, 0.6) is 0 Å². The second-order valence-electron chi connectivity index (χ2n) is 7.05. The minimum atomic E-state index is -0.678. The molecule has 3 aromatic rings. The molecular weight excluding hydrogens is 414 g/mol. The van der Waals surface area contributed by atoms with Crippen molar-refractivity contribution in [2.45, 2.75) is 25.3 Å². The summed E-state index contributed by atoms with van der Waals surface area (Å²) in [5.74, 6) is 0.437. The standard InChI is InChI=1S/C21H15Cl2FN4O/c22-11-8-9-12(14(23)10-11)20-26-21-25-16-6-3-7-17(29)18(16)19(28(21)27-20)13-4-1-2-5-15(13)24/h1-2,4-5,8-10,19H,3,6-7H2,(H,25,26,27). The fourth-order valence-corrected chi connectivity index (χ4v) is 4.42. The Balaban J connectivity index is 1.71. The average molecular weight is 429 g/mol. The average Bonchev–Trinajstić information content (AvgIpc) is 3.10. The van der Waals surface area contributed by atoms with Crippen LogP contribution in [0.3, 0.4) is 0 Å². The lowest BCUT2D eigenvalue weighted by Crippen LogP contribution is -2.32. The minimum absolute atomic E-state index is 0.000714. The maximum absolute atomic E-state index is 14.7. The third-order valence-electron chi connectivity index (χ3n) is 5.24. The van der Waals surface area contributed by atoms with Crippen molar-refractivity contribution >= 4 is 34.9 Å². The number of hydrogen-bond acceptors (Lipinski definition) is 4. The third-order valence-corrected chi connectivity index (χ3v) is 5.79. The number of anilines is 1. The van der Waals surface area contributed by atoms with Gasteiger partial charge in [-0.05, 0) is 37.1 Å². The van der Waals surface area contributed by atoms with E-state index in [1.165, 1.54) is 6.07 Å². The molecule has 2 aliphatic rings. The number of rotatable bonds is 2. The second-order valence-corrected chi connectivity index (χ2v) is 7.89. The topological polar surface area (TPSA) is 59.8 Å². The van der Waals surface area contributed by atoms with E-state index in [-0.39, 0.29) is 5.78 Å². The van der Waals surface area contributed by atoms with Crippen LogP contribution < -0.4 is 5.32 Å². The molecule has 0 fully saturated rings. The Morgan fingerprint density at radius 1 is 1.14 bits per heavy atom. The lowest BCUT2D eigenvalue weighted by atomic mass is 9.85. The summed E-state index contributed by atoms with van der Waals surface area (Å²) >= 11 is 12.3. The SMILES string of the molecule is O=C1CCCC2=C1C(c1ccccc1F)n1nc(-c3ccc(Cl)cc3Cl)nc1N2. The predicted octanol–water partition coefficient (Wildman–Crippen LogP) is 5.41. The van der Waals surface area contributed by atoms with Crippen molar-refractivity contribution in [2.24, 2.45) is 0 Å². The molecule has 1 aromatic heterocycles. The van der Waals surface area contributed by atoms with Gasteiger partial charge in [0.2, 0.25) is 5.95 Å². The molecule has 0 bridgehead atoms. The Labute approximate surface area is 176 Å². The normalized spacial score (nSPS) is 18.3. The van der Waals surface area contributed by atoms with Crippen LogP contribution in [-0.4, -0.2) is 20.5 Å². The first-order chi connectivity index (χ1) is 14.0. The zero-order chi connectivity index (χ0) is 20.1. The first kappa shape index (κ1) is 18.3. The molecule has 0 amide bonds. The Kier molecular flexibility index (Phi) is 4.41. The fourth-order valence-electron chi connectivity index (χ4n) is 3.93. The number of aromatic nitrogens is 3. The smallest absolute Gasteiger partial charge is 0.226 e. The van der Waals surface area contributed by atoms with Gasteiger partial charge in [0, 0.05) is 33.8 Å². The molecule has 1 aliphatic heterocycles. The maximum atomic E-state index is 14.7. The van der Waals surface area contributed by atoms with Gasteiger partial charge in [-0.1, -0.05) is 41.4 Å². The van der Waals surface area contributed by atoms with Crippen LogP contribution in [0, 0.1) is 5.82 Å². The monoisotopic (exact) mass is 428 g/mol. The highest BCUT2D eigenvalue weighted by molar-refractivity contribution is 6.36.